The largest absolute Gasteiger partial charge is 0.481 e. The number of hydrogen-bond acceptors (Lipinski definition) is 2. The lowest BCUT2D eigenvalue weighted by Gasteiger charge is -2.18. The van der Waals surface area contributed by atoms with E-state index < -0.39 is 5.97 Å². The highest BCUT2D eigenvalue weighted by Gasteiger charge is 2.15. The van der Waals surface area contributed by atoms with Crippen LogP contribution in [0.25, 0.3) is 0 Å². The predicted molar refractivity (Wildman–Crippen MR) is 69.9 cm³/mol. The smallest absolute Gasteiger partial charge is 0.303 e. The first-order chi connectivity index (χ1) is 8.40. The van der Waals surface area contributed by atoms with E-state index in [9.17, 15) is 9.59 Å². The first-order valence-electron chi connectivity index (χ1n) is 5.34. The third kappa shape index (κ3) is 4.55. The van der Waals surface area contributed by atoms with E-state index in [2.05, 4.69) is 5.32 Å². The standard InChI is InChI=1S/C12H13Cl2NO3/c1-7(16)15-11(4-5-12(17)18)8-2-3-9(13)10(14)6-8/h2-3,6,11H,4-5H2,1H3,(H,15,16)(H,17,18). The van der Waals surface area contributed by atoms with E-state index in [1.165, 1.54) is 6.92 Å². The minimum Gasteiger partial charge on any atom is -0.481 e. The summed E-state index contributed by atoms with van der Waals surface area (Å²) in [4.78, 5) is 21.7. The van der Waals surface area contributed by atoms with Gasteiger partial charge in [-0.3, -0.25) is 9.59 Å². The fraction of sp³-hybridized carbons (Fsp3) is 0.333. The number of halogens is 2. The molecular formula is C12H13Cl2NO3. The lowest BCUT2D eigenvalue weighted by atomic mass is 10.0. The van der Waals surface area contributed by atoms with Crippen LogP contribution in [0.2, 0.25) is 10.0 Å². The van der Waals surface area contributed by atoms with Crippen LogP contribution in [0.15, 0.2) is 18.2 Å². The number of carbonyl (C=O) groups is 2. The Morgan fingerprint density at radius 2 is 2.00 bits per heavy atom. The van der Waals surface area contributed by atoms with E-state index in [1.807, 2.05) is 0 Å². The van der Waals surface area contributed by atoms with Crippen LogP contribution in [0.1, 0.15) is 31.4 Å². The van der Waals surface area contributed by atoms with Gasteiger partial charge in [-0.1, -0.05) is 29.3 Å². The number of rotatable bonds is 5. The first kappa shape index (κ1) is 14.8. The van der Waals surface area contributed by atoms with Gasteiger partial charge < -0.3 is 10.4 Å². The molecule has 1 rings (SSSR count). The van der Waals surface area contributed by atoms with Crippen molar-refractivity contribution in [3.63, 3.8) is 0 Å². The Morgan fingerprint density at radius 1 is 1.33 bits per heavy atom. The number of amides is 1. The third-order valence-corrected chi connectivity index (χ3v) is 3.11. The van der Waals surface area contributed by atoms with Crippen molar-refractivity contribution in [2.75, 3.05) is 0 Å². The summed E-state index contributed by atoms with van der Waals surface area (Å²) in [6, 6.07) is 4.59. The molecule has 0 aliphatic carbocycles. The molecule has 1 atom stereocenters. The summed E-state index contributed by atoms with van der Waals surface area (Å²) in [6.07, 6.45) is 0.262. The zero-order valence-electron chi connectivity index (χ0n) is 9.74. The van der Waals surface area contributed by atoms with Gasteiger partial charge in [-0.25, -0.2) is 0 Å². The molecule has 0 saturated heterocycles. The van der Waals surface area contributed by atoms with Crippen LogP contribution < -0.4 is 5.32 Å². The van der Waals surface area contributed by atoms with Gasteiger partial charge in [-0.05, 0) is 24.1 Å². The normalized spacial score (nSPS) is 11.9. The van der Waals surface area contributed by atoms with Gasteiger partial charge in [-0.15, -0.1) is 0 Å². The molecule has 4 nitrogen and oxygen atoms in total. The summed E-state index contributed by atoms with van der Waals surface area (Å²) < 4.78 is 0. The molecule has 0 aliphatic rings. The molecule has 98 valence electrons. The van der Waals surface area contributed by atoms with E-state index in [4.69, 9.17) is 28.3 Å². The lowest BCUT2D eigenvalue weighted by molar-refractivity contribution is -0.137. The van der Waals surface area contributed by atoms with Gasteiger partial charge in [0.25, 0.3) is 0 Å². The molecule has 0 aliphatic heterocycles. The third-order valence-electron chi connectivity index (χ3n) is 2.37. The van der Waals surface area contributed by atoms with Crippen LogP contribution in [-0.4, -0.2) is 17.0 Å². The Morgan fingerprint density at radius 3 is 2.50 bits per heavy atom. The van der Waals surface area contributed by atoms with E-state index in [-0.39, 0.29) is 18.4 Å². The van der Waals surface area contributed by atoms with Crippen molar-refractivity contribution in [3.05, 3.63) is 33.8 Å². The Balaban J connectivity index is 2.89. The average Bonchev–Trinajstić information content (AvgIpc) is 2.27. The second-order valence-corrected chi connectivity index (χ2v) is 4.67. The van der Waals surface area contributed by atoms with Gasteiger partial charge in [0.1, 0.15) is 0 Å². The zero-order chi connectivity index (χ0) is 13.7. The molecule has 0 spiro atoms. The molecule has 0 saturated carbocycles. The topological polar surface area (TPSA) is 66.4 Å². The van der Waals surface area contributed by atoms with Crippen LogP contribution >= 0.6 is 23.2 Å². The number of hydrogen-bond donors (Lipinski definition) is 2. The van der Waals surface area contributed by atoms with Crippen LogP contribution in [-0.2, 0) is 9.59 Å². The van der Waals surface area contributed by atoms with Crippen LogP contribution in [0, 0.1) is 0 Å². The second-order valence-electron chi connectivity index (χ2n) is 3.86. The SMILES string of the molecule is CC(=O)NC(CCC(=O)O)c1ccc(Cl)c(Cl)c1. The predicted octanol–water partition coefficient (Wildman–Crippen LogP) is 3.04. The Labute approximate surface area is 115 Å². The minimum atomic E-state index is -0.912. The Kier molecular flexibility index (Phi) is 5.44. The molecule has 18 heavy (non-hydrogen) atoms. The summed E-state index contributed by atoms with van der Waals surface area (Å²) in [5, 5.41) is 12.2. The number of aliphatic carboxylic acids is 1. The molecule has 0 heterocycles. The molecule has 1 aromatic rings. The van der Waals surface area contributed by atoms with Crippen molar-refractivity contribution in [3.8, 4) is 0 Å². The van der Waals surface area contributed by atoms with E-state index in [1.54, 1.807) is 18.2 Å². The fourth-order valence-corrected chi connectivity index (χ4v) is 1.87. The molecule has 1 unspecified atom stereocenters. The van der Waals surface area contributed by atoms with Crippen molar-refractivity contribution in [1.29, 1.82) is 0 Å². The Hall–Kier alpha value is -1.26. The highest BCUT2D eigenvalue weighted by atomic mass is 35.5. The molecule has 0 aromatic heterocycles. The quantitative estimate of drug-likeness (QED) is 0.876. The molecule has 2 N–H and O–H groups in total. The molecule has 1 amide bonds. The number of benzene rings is 1. The van der Waals surface area contributed by atoms with Gasteiger partial charge in [0, 0.05) is 13.3 Å². The van der Waals surface area contributed by atoms with Crippen LogP contribution in [0.4, 0.5) is 0 Å². The summed E-state index contributed by atoms with van der Waals surface area (Å²) in [6.45, 7) is 1.38. The number of carboxylic acids is 1. The first-order valence-corrected chi connectivity index (χ1v) is 6.09. The molecule has 0 fully saturated rings. The van der Waals surface area contributed by atoms with E-state index in [0.717, 1.165) is 5.56 Å². The van der Waals surface area contributed by atoms with Gasteiger partial charge in [0.15, 0.2) is 0 Å². The van der Waals surface area contributed by atoms with Gasteiger partial charge in [0.2, 0.25) is 5.91 Å². The highest BCUT2D eigenvalue weighted by molar-refractivity contribution is 6.42. The van der Waals surface area contributed by atoms with Crippen molar-refractivity contribution in [2.45, 2.75) is 25.8 Å². The number of nitrogens with one attached hydrogen (secondary N) is 1. The maximum absolute atomic E-state index is 11.1. The van der Waals surface area contributed by atoms with E-state index in [0.29, 0.717) is 16.5 Å². The summed E-state index contributed by atoms with van der Waals surface area (Å²) >= 11 is 11.7. The fourth-order valence-electron chi connectivity index (χ4n) is 1.56. The number of carboxylic acid groups (broad SMARTS) is 1. The van der Waals surface area contributed by atoms with Gasteiger partial charge in [-0.2, -0.15) is 0 Å². The minimum absolute atomic E-state index is 0.0365. The van der Waals surface area contributed by atoms with E-state index >= 15 is 0 Å². The molecule has 6 heteroatoms. The monoisotopic (exact) mass is 289 g/mol. The zero-order valence-corrected chi connectivity index (χ0v) is 11.3. The summed E-state index contributed by atoms with van der Waals surface area (Å²) in [5.74, 6) is -1.14. The molecule has 0 radical (unpaired) electrons. The van der Waals surface area contributed by atoms with Crippen molar-refractivity contribution >= 4 is 35.1 Å². The maximum Gasteiger partial charge on any atom is 0.303 e. The average molecular weight is 290 g/mol. The van der Waals surface area contributed by atoms with Crippen LogP contribution in [0.5, 0.6) is 0 Å². The van der Waals surface area contributed by atoms with Crippen molar-refractivity contribution in [1.82, 2.24) is 5.32 Å². The summed E-state index contributed by atoms with van der Waals surface area (Å²) in [5.41, 5.74) is 0.737. The molecule has 0 bridgehead atoms. The van der Waals surface area contributed by atoms with Gasteiger partial charge in [0.05, 0.1) is 16.1 Å². The van der Waals surface area contributed by atoms with Crippen molar-refractivity contribution < 1.29 is 14.7 Å². The van der Waals surface area contributed by atoms with Crippen LogP contribution in [0.3, 0.4) is 0 Å². The second kappa shape index (κ2) is 6.61. The summed E-state index contributed by atoms with van der Waals surface area (Å²) in [7, 11) is 0. The molecule has 1 aromatic carbocycles. The molecular weight excluding hydrogens is 277 g/mol. The highest BCUT2D eigenvalue weighted by Crippen LogP contribution is 2.27. The maximum atomic E-state index is 11.1. The Bertz CT molecular complexity index is 463. The lowest BCUT2D eigenvalue weighted by Crippen LogP contribution is -2.26. The van der Waals surface area contributed by atoms with Gasteiger partial charge >= 0.3 is 5.97 Å². The van der Waals surface area contributed by atoms with Crippen molar-refractivity contribution in [2.24, 2.45) is 0 Å². The number of carbonyl (C=O) groups excluding carboxylic acids is 1.